The van der Waals surface area contributed by atoms with Crippen LogP contribution in [0.2, 0.25) is 5.02 Å². The first kappa shape index (κ1) is 19.3. The Morgan fingerprint density at radius 3 is 2.64 bits per heavy atom. The van der Waals surface area contributed by atoms with E-state index in [0.717, 1.165) is 0 Å². The van der Waals surface area contributed by atoms with Gasteiger partial charge in [0.2, 0.25) is 5.88 Å². The SMILES string of the molecule is CCOc1ccc(Cl)c(C(=O)Nc2cc(C)nn2-c2ccc([N+](=O)[O-])cc2)n1. The van der Waals surface area contributed by atoms with Crippen LogP contribution >= 0.6 is 11.6 Å². The topological polar surface area (TPSA) is 112 Å². The fourth-order valence-corrected chi connectivity index (χ4v) is 2.68. The second kappa shape index (κ2) is 8.05. The van der Waals surface area contributed by atoms with E-state index < -0.39 is 10.8 Å². The molecule has 1 N–H and O–H groups in total. The number of non-ortho nitro benzene ring substituents is 1. The Hall–Kier alpha value is -3.46. The maximum atomic E-state index is 12.7. The van der Waals surface area contributed by atoms with E-state index in [1.165, 1.54) is 22.9 Å². The van der Waals surface area contributed by atoms with E-state index in [1.807, 2.05) is 6.92 Å². The third-order valence-corrected chi connectivity index (χ3v) is 4.01. The number of carbonyl (C=O) groups is 1. The van der Waals surface area contributed by atoms with Gasteiger partial charge in [-0.3, -0.25) is 14.9 Å². The number of hydrogen-bond donors (Lipinski definition) is 1. The van der Waals surface area contributed by atoms with Crippen LogP contribution in [0, 0.1) is 17.0 Å². The van der Waals surface area contributed by atoms with Crippen molar-refractivity contribution in [3.8, 4) is 11.6 Å². The molecule has 0 atom stereocenters. The molecule has 2 aromatic heterocycles. The second-order valence-electron chi connectivity index (χ2n) is 5.72. The van der Waals surface area contributed by atoms with Crippen LogP contribution in [0.5, 0.6) is 5.88 Å². The highest BCUT2D eigenvalue weighted by Gasteiger charge is 2.18. The number of aryl methyl sites for hydroxylation is 1. The average Bonchev–Trinajstić information content (AvgIpc) is 3.03. The number of ether oxygens (including phenoxy) is 1. The number of nitro groups is 1. The minimum Gasteiger partial charge on any atom is -0.478 e. The Morgan fingerprint density at radius 2 is 2.00 bits per heavy atom. The van der Waals surface area contributed by atoms with Gasteiger partial charge in [0, 0.05) is 24.3 Å². The van der Waals surface area contributed by atoms with Gasteiger partial charge in [0.25, 0.3) is 11.6 Å². The van der Waals surface area contributed by atoms with Gasteiger partial charge in [-0.05, 0) is 32.0 Å². The van der Waals surface area contributed by atoms with E-state index in [0.29, 0.717) is 23.8 Å². The maximum absolute atomic E-state index is 12.7. The van der Waals surface area contributed by atoms with E-state index >= 15 is 0 Å². The molecular formula is C18H16ClN5O4. The molecule has 0 saturated carbocycles. The number of aromatic nitrogens is 3. The zero-order valence-corrected chi connectivity index (χ0v) is 15.8. The van der Waals surface area contributed by atoms with E-state index in [1.54, 1.807) is 31.2 Å². The fourth-order valence-electron chi connectivity index (χ4n) is 2.49. The highest BCUT2D eigenvalue weighted by atomic mass is 35.5. The van der Waals surface area contributed by atoms with E-state index in [-0.39, 0.29) is 22.3 Å². The highest BCUT2D eigenvalue weighted by Crippen LogP contribution is 2.23. The summed E-state index contributed by atoms with van der Waals surface area (Å²) in [4.78, 5) is 27.1. The van der Waals surface area contributed by atoms with Crippen molar-refractivity contribution in [2.45, 2.75) is 13.8 Å². The Labute approximate surface area is 165 Å². The number of anilines is 1. The van der Waals surface area contributed by atoms with Crippen LogP contribution in [0.25, 0.3) is 5.69 Å². The molecule has 0 bridgehead atoms. The molecule has 28 heavy (non-hydrogen) atoms. The van der Waals surface area contributed by atoms with Crippen LogP contribution in [0.15, 0.2) is 42.5 Å². The van der Waals surface area contributed by atoms with Crippen LogP contribution in [-0.4, -0.2) is 32.2 Å². The van der Waals surface area contributed by atoms with Crippen molar-refractivity contribution in [1.29, 1.82) is 0 Å². The maximum Gasteiger partial charge on any atom is 0.277 e. The van der Waals surface area contributed by atoms with Crippen molar-refractivity contribution in [2.75, 3.05) is 11.9 Å². The van der Waals surface area contributed by atoms with Crippen molar-refractivity contribution < 1.29 is 14.5 Å². The molecule has 0 aliphatic rings. The van der Waals surface area contributed by atoms with Gasteiger partial charge in [-0.1, -0.05) is 11.6 Å². The lowest BCUT2D eigenvalue weighted by atomic mass is 10.3. The van der Waals surface area contributed by atoms with Gasteiger partial charge in [-0.15, -0.1) is 0 Å². The average molecular weight is 402 g/mol. The first-order valence-electron chi connectivity index (χ1n) is 8.31. The molecule has 1 amide bonds. The molecule has 2 heterocycles. The number of hydrogen-bond acceptors (Lipinski definition) is 6. The van der Waals surface area contributed by atoms with Crippen LogP contribution in [0.3, 0.4) is 0 Å². The first-order valence-corrected chi connectivity index (χ1v) is 8.69. The van der Waals surface area contributed by atoms with E-state index in [4.69, 9.17) is 16.3 Å². The summed E-state index contributed by atoms with van der Waals surface area (Å²) >= 11 is 6.10. The third kappa shape index (κ3) is 4.09. The molecule has 0 aliphatic carbocycles. The summed E-state index contributed by atoms with van der Waals surface area (Å²) in [5, 5.41) is 18.0. The lowest BCUT2D eigenvalue weighted by molar-refractivity contribution is -0.384. The third-order valence-electron chi connectivity index (χ3n) is 3.71. The van der Waals surface area contributed by atoms with Crippen molar-refractivity contribution in [3.05, 3.63) is 69.0 Å². The van der Waals surface area contributed by atoms with Gasteiger partial charge in [-0.2, -0.15) is 5.10 Å². The van der Waals surface area contributed by atoms with Crippen molar-refractivity contribution in [1.82, 2.24) is 14.8 Å². The summed E-state index contributed by atoms with van der Waals surface area (Å²) in [6.45, 7) is 3.97. The Bertz CT molecular complexity index is 1030. The number of carbonyl (C=O) groups excluding carboxylic acids is 1. The molecule has 10 heteroatoms. The minimum atomic E-state index is -0.533. The molecule has 3 aromatic rings. The normalized spacial score (nSPS) is 10.5. The Morgan fingerprint density at radius 1 is 1.29 bits per heavy atom. The number of nitro benzene ring substituents is 1. The summed E-state index contributed by atoms with van der Waals surface area (Å²) in [5.41, 5.74) is 1.18. The number of nitrogens with one attached hydrogen (secondary N) is 1. The van der Waals surface area contributed by atoms with Gasteiger partial charge in [0.05, 0.1) is 27.9 Å². The fraction of sp³-hybridized carbons (Fsp3) is 0.167. The number of halogens is 1. The predicted octanol–water partition coefficient (Wildman–Crippen LogP) is 3.79. The van der Waals surface area contributed by atoms with Gasteiger partial charge in [0.1, 0.15) is 5.82 Å². The standard InChI is InChI=1S/C18H16ClN5O4/c1-3-28-16-9-8-14(19)17(21-16)18(25)20-15-10-11(2)22-23(15)12-4-6-13(7-5-12)24(26)27/h4-10H,3H2,1-2H3,(H,20,25). The van der Waals surface area contributed by atoms with Gasteiger partial charge in [0.15, 0.2) is 5.69 Å². The summed E-state index contributed by atoms with van der Waals surface area (Å²) in [7, 11) is 0. The van der Waals surface area contributed by atoms with E-state index in [2.05, 4.69) is 15.4 Å². The van der Waals surface area contributed by atoms with Gasteiger partial charge < -0.3 is 10.1 Å². The second-order valence-corrected chi connectivity index (χ2v) is 6.13. The minimum absolute atomic E-state index is 0.0155. The van der Waals surface area contributed by atoms with Gasteiger partial charge in [-0.25, -0.2) is 9.67 Å². The summed E-state index contributed by atoms with van der Waals surface area (Å²) in [6.07, 6.45) is 0. The number of rotatable bonds is 6. The quantitative estimate of drug-likeness (QED) is 0.496. The molecule has 9 nitrogen and oxygen atoms in total. The summed E-state index contributed by atoms with van der Waals surface area (Å²) < 4.78 is 6.78. The first-order chi connectivity index (χ1) is 13.4. The molecular weight excluding hydrogens is 386 g/mol. The number of benzene rings is 1. The number of amides is 1. The van der Waals surface area contributed by atoms with Crippen LogP contribution in [0.1, 0.15) is 23.1 Å². The molecule has 144 valence electrons. The molecule has 0 radical (unpaired) electrons. The van der Waals surface area contributed by atoms with Crippen LogP contribution in [0.4, 0.5) is 11.5 Å². The lowest BCUT2D eigenvalue weighted by Crippen LogP contribution is -2.17. The molecule has 1 aromatic carbocycles. The Balaban J connectivity index is 1.90. The molecule has 0 saturated heterocycles. The molecule has 0 unspecified atom stereocenters. The molecule has 0 spiro atoms. The predicted molar refractivity (Wildman–Crippen MR) is 103 cm³/mol. The van der Waals surface area contributed by atoms with Crippen molar-refractivity contribution >= 4 is 29.0 Å². The summed E-state index contributed by atoms with van der Waals surface area (Å²) in [5.74, 6) is 0.128. The Kier molecular flexibility index (Phi) is 5.55. The molecule has 0 fully saturated rings. The van der Waals surface area contributed by atoms with Crippen molar-refractivity contribution in [3.63, 3.8) is 0 Å². The van der Waals surface area contributed by atoms with Crippen LogP contribution < -0.4 is 10.1 Å². The number of pyridine rings is 1. The zero-order chi connectivity index (χ0) is 20.3. The zero-order valence-electron chi connectivity index (χ0n) is 15.0. The van der Waals surface area contributed by atoms with Crippen LogP contribution in [-0.2, 0) is 0 Å². The largest absolute Gasteiger partial charge is 0.478 e. The highest BCUT2D eigenvalue weighted by molar-refractivity contribution is 6.34. The van der Waals surface area contributed by atoms with E-state index in [9.17, 15) is 14.9 Å². The number of nitrogens with zero attached hydrogens (tertiary/aromatic N) is 4. The molecule has 0 aliphatic heterocycles. The lowest BCUT2D eigenvalue weighted by Gasteiger charge is -2.10. The van der Waals surface area contributed by atoms with Crippen molar-refractivity contribution in [2.24, 2.45) is 0 Å². The molecule has 3 rings (SSSR count). The monoisotopic (exact) mass is 401 g/mol. The summed E-state index contributed by atoms with van der Waals surface area (Å²) in [6, 6.07) is 10.6. The smallest absolute Gasteiger partial charge is 0.277 e. The van der Waals surface area contributed by atoms with Gasteiger partial charge >= 0.3 is 0 Å².